The zero-order valence-electron chi connectivity index (χ0n) is 14.5. The number of ether oxygens (including phenoxy) is 1. The fraction of sp³-hybridized carbons (Fsp3) is 0.300. The number of carbonyl (C=O) groups excluding carboxylic acids is 2. The van der Waals surface area contributed by atoms with Crippen molar-refractivity contribution in [1.29, 1.82) is 0 Å². The van der Waals surface area contributed by atoms with Crippen molar-refractivity contribution in [3.63, 3.8) is 0 Å². The molecule has 6 heteroatoms. The van der Waals surface area contributed by atoms with Crippen molar-refractivity contribution in [2.75, 3.05) is 19.7 Å². The second-order valence-electron chi connectivity index (χ2n) is 5.71. The summed E-state index contributed by atoms with van der Waals surface area (Å²) in [5.41, 5.74) is 0.604. The molecular formula is C20H23FN2O3. The Morgan fingerprint density at radius 1 is 0.885 bits per heavy atom. The van der Waals surface area contributed by atoms with E-state index < -0.39 is 5.82 Å². The molecule has 5 nitrogen and oxygen atoms in total. The molecule has 0 aliphatic rings. The van der Waals surface area contributed by atoms with Crippen LogP contribution in [0.1, 0.15) is 29.6 Å². The number of rotatable bonds is 10. The van der Waals surface area contributed by atoms with E-state index in [-0.39, 0.29) is 17.6 Å². The van der Waals surface area contributed by atoms with Gasteiger partial charge in [0, 0.05) is 25.1 Å². The van der Waals surface area contributed by atoms with Crippen LogP contribution in [0, 0.1) is 5.82 Å². The van der Waals surface area contributed by atoms with Crippen LogP contribution in [0.4, 0.5) is 4.39 Å². The molecule has 2 amide bonds. The first kappa shape index (κ1) is 19.4. The lowest BCUT2D eigenvalue weighted by Crippen LogP contribution is -2.28. The first-order valence-electron chi connectivity index (χ1n) is 8.64. The summed E-state index contributed by atoms with van der Waals surface area (Å²) >= 11 is 0. The van der Waals surface area contributed by atoms with E-state index in [2.05, 4.69) is 10.6 Å². The minimum atomic E-state index is -0.394. The lowest BCUT2D eigenvalue weighted by molar-refractivity contribution is -0.121. The molecule has 0 atom stereocenters. The summed E-state index contributed by atoms with van der Waals surface area (Å²) in [6.07, 6.45) is 1.49. The predicted molar refractivity (Wildman–Crippen MR) is 97.5 cm³/mol. The van der Waals surface area contributed by atoms with Gasteiger partial charge in [-0.15, -0.1) is 0 Å². The summed E-state index contributed by atoms with van der Waals surface area (Å²) in [5, 5.41) is 5.56. The number of benzene rings is 2. The van der Waals surface area contributed by atoms with Crippen LogP contribution in [0.3, 0.4) is 0 Å². The summed E-state index contributed by atoms with van der Waals surface area (Å²) in [7, 11) is 0. The first-order chi connectivity index (χ1) is 12.7. The molecule has 138 valence electrons. The normalized spacial score (nSPS) is 10.2. The van der Waals surface area contributed by atoms with Gasteiger partial charge in [-0.25, -0.2) is 4.39 Å². The second-order valence-corrected chi connectivity index (χ2v) is 5.71. The van der Waals surface area contributed by atoms with Gasteiger partial charge in [-0.1, -0.05) is 30.3 Å². The number of carbonyl (C=O) groups is 2. The summed E-state index contributed by atoms with van der Waals surface area (Å²) in [6.45, 7) is 1.23. The first-order valence-corrected chi connectivity index (χ1v) is 8.64. The van der Waals surface area contributed by atoms with E-state index in [0.717, 1.165) is 0 Å². The molecule has 0 aromatic heterocycles. The zero-order chi connectivity index (χ0) is 18.6. The number of amides is 2. The molecule has 0 spiro atoms. The average Bonchev–Trinajstić information content (AvgIpc) is 2.67. The number of nitrogens with one attached hydrogen (secondary N) is 2. The molecule has 2 N–H and O–H groups in total. The van der Waals surface area contributed by atoms with Crippen LogP contribution < -0.4 is 15.4 Å². The van der Waals surface area contributed by atoms with Crippen molar-refractivity contribution in [3.8, 4) is 5.75 Å². The fourth-order valence-electron chi connectivity index (χ4n) is 2.27. The highest BCUT2D eigenvalue weighted by Gasteiger charge is 2.05. The van der Waals surface area contributed by atoms with Gasteiger partial charge < -0.3 is 15.4 Å². The van der Waals surface area contributed by atoms with Crippen LogP contribution in [0.25, 0.3) is 0 Å². The van der Waals surface area contributed by atoms with E-state index in [1.54, 1.807) is 42.5 Å². The molecule has 0 saturated carbocycles. The third-order valence-corrected chi connectivity index (χ3v) is 3.64. The van der Waals surface area contributed by atoms with Crippen LogP contribution >= 0.6 is 0 Å². The highest BCUT2D eigenvalue weighted by atomic mass is 19.1. The maximum atomic E-state index is 13.3. The lowest BCUT2D eigenvalue weighted by Gasteiger charge is -2.08. The van der Waals surface area contributed by atoms with Gasteiger partial charge >= 0.3 is 0 Å². The van der Waals surface area contributed by atoms with Gasteiger partial charge in [-0.3, -0.25) is 9.59 Å². The number of para-hydroxylation sites is 1. The number of hydrogen-bond donors (Lipinski definition) is 2. The van der Waals surface area contributed by atoms with Gasteiger partial charge in [0.15, 0.2) is 11.6 Å². The SMILES string of the molecule is O=C(CCCNC(=O)c1ccccc1)NCCCOc1ccccc1F. The molecule has 0 fully saturated rings. The topological polar surface area (TPSA) is 67.4 Å². The Morgan fingerprint density at radius 3 is 2.35 bits per heavy atom. The van der Waals surface area contributed by atoms with Gasteiger partial charge in [0.2, 0.25) is 5.91 Å². The number of halogens is 1. The van der Waals surface area contributed by atoms with Crippen LogP contribution in [0.5, 0.6) is 5.75 Å². The Balaban J connectivity index is 1.50. The molecule has 26 heavy (non-hydrogen) atoms. The van der Waals surface area contributed by atoms with E-state index in [4.69, 9.17) is 4.74 Å². The van der Waals surface area contributed by atoms with Crippen molar-refractivity contribution >= 4 is 11.8 Å². The molecule has 0 heterocycles. The maximum absolute atomic E-state index is 13.3. The van der Waals surface area contributed by atoms with Crippen molar-refractivity contribution < 1.29 is 18.7 Å². The van der Waals surface area contributed by atoms with Gasteiger partial charge in [-0.05, 0) is 37.1 Å². The molecule has 0 aliphatic heterocycles. The monoisotopic (exact) mass is 358 g/mol. The molecule has 2 rings (SSSR count). The average molecular weight is 358 g/mol. The van der Waals surface area contributed by atoms with Crippen molar-refractivity contribution in [2.24, 2.45) is 0 Å². The molecule has 0 unspecified atom stereocenters. The van der Waals surface area contributed by atoms with E-state index in [9.17, 15) is 14.0 Å². The largest absolute Gasteiger partial charge is 0.490 e. The van der Waals surface area contributed by atoms with Crippen molar-refractivity contribution in [3.05, 3.63) is 66.0 Å². The Bertz CT molecular complexity index is 707. The van der Waals surface area contributed by atoms with E-state index in [1.807, 2.05) is 6.07 Å². The Kier molecular flexibility index (Phi) is 8.12. The highest BCUT2D eigenvalue weighted by molar-refractivity contribution is 5.94. The summed E-state index contributed by atoms with van der Waals surface area (Å²) in [4.78, 5) is 23.5. The molecule has 2 aromatic rings. The molecule has 0 saturated heterocycles. The fourth-order valence-corrected chi connectivity index (χ4v) is 2.27. The Labute approximate surface area is 152 Å². The minimum Gasteiger partial charge on any atom is -0.490 e. The summed E-state index contributed by atoms with van der Waals surface area (Å²) < 4.78 is 18.7. The van der Waals surface area contributed by atoms with E-state index in [0.29, 0.717) is 44.5 Å². The van der Waals surface area contributed by atoms with Gasteiger partial charge in [-0.2, -0.15) is 0 Å². The third-order valence-electron chi connectivity index (χ3n) is 3.64. The highest BCUT2D eigenvalue weighted by Crippen LogP contribution is 2.15. The molecular weight excluding hydrogens is 335 g/mol. The van der Waals surface area contributed by atoms with Crippen LogP contribution in [0.15, 0.2) is 54.6 Å². The third kappa shape index (κ3) is 6.93. The quantitative estimate of drug-likeness (QED) is 0.642. The van der Waals surface area contributed by atoms with Crippen molar-refractivity contribution in [1.82, 2.24) is 10.6 Å². The second kappa shape index (κ2) is 10.9. The maximum Gasteiger partial charge on any atom is 0.251 e. The molecule has 2 aromatic carbocycles. The summed E-state index contributed by atoms with van der Waals surface area (Å²) in [6, 6.07) is 15.2. The summed E-state index contributed by atoms with van der Waals surface area (Å²) in [5.74, 6) is -0.400. The van der Waals surface area contributed by atoms with Gasteiger partial charge in [0.25, 0.3) is 5.91 Å². The Morgan fingerprint density at radius 2 is 1.58 bits per heavy atom. The molecule has 0 aliphatic carbocycles. The Hall–Kier alpha value is -2.89. The minimum absolute atomic E-state index is 0.0788. The van der Waals surface area contributed by atoms with E-state index >= 15 is 0 Å². The smallest absolute Gasteiger partial charge is 0.251 e. The zero-order valence-corrected chi connectivity index (χ0v) is 14.5. The van der Waals surface area contributed by atoms with Crippen LogP contribution in [-0.4, -0.2) is 31.5 Å². The van der Waals surface area contributed by atoms with E-state index in [1.165, 1.54) is 6.07 Å². The van der Waals surface area contributed by atoms with Crippen LogP contribution in [0.2, 0.25) is 0 Å². The van der Waals surface area contributed by atoms with Gasteiger partial charge in [0.1, 0.15) is 0 Å². The van der Waals surface area contributed by atoms with Crippen LogP contribution in [-0.2, 0) is 4.79 Å². The van der Waals surface area contributed by atoms with Gasteiger partial charge in [0.05, 0.1) is 6.61 Å². The predicted octanol–water partition coefficient (Wildman–Crippen LogP) is 2.92. The molecule has 0 radical (unpaired) electrons. The molecule has 0 bridgehead atoms. The number of hydrogen-bond acceptors (Lipinski definition) is 3. The van der Waals surface area contributed by atoms with Crippen molar-refractivity contribution in [2.45, 2.75) is 19.3 Å². The lowest BCUT2D eigenvalue weighted by atomic mass is 10.2. The standard InChI is InChI=1S/C20H23FN2O3/c21-17-10-4-5-11-18(17)26-15-7-14-22-19(24)12-6-13-23-20(25)16-8-2-1-3-9-16/h1-5,8-11H,6-7,12-15H2,(H,22,24)(H,23,25).